The summed E-state index contributed by atoms with van der Waals surface area (Å²) in [7, 11) is 0. The molecule has 2 aromatic carbocycles. The van der Waals surface area contributed by atoms with Gasteiger partial charge in [-0.3, -0.25) is 4.90 Å². The third-order valence-electron chi connectivity index (χ3n) is 5.04. The number of anilines is 1. The zero-order chi connectivity index (χ0) is 19.9. The van der Waals surface area contributed by atoms with Gasteiger partial charge in [-0.1, -0.05) is 29.8 Å². The van der Waals surface area contributed by atoms with E-state index in [0.717, 1.165) is 49.3 Å². The first kappa shape index (κ1) is 19.9. The molecule has 0 saturated carbocycles. The van der Waals surface area contributed by atoms with Crippen molar-refractivity contribution >= 4 is 17.7 Å². The molecule has 6 heteroatoms. The SMILES string of the molecule is Cc1ccc(NC(=O)NCC2CCCN(Cc3cccc(C(=O)O)c3)C2)cc1. The first-order valence-electron chi connectivity index (χ1n) is 9.66. The Labute approximate surface area is 165 Å². The van der Waals surface area contributed by atoms with Crippen LogP contribution in [0.4, 0.5) is 10.5 Å². The van der Waals surface area contributed by atoms with E-state index in [9.17, 15) is 9.59 Å². The molecule has 2 amide bonds. The highest BCUT2D eigenvalue weighted by Gasteiger charge is 2.20. The Hall–Kier alpha value is -2.86. The molecule has 28 heavy (non-hydrogen) atoms. The van der Waals surface area contributed by atoms with Crippen LogP contribution in [0.1, 0.15) is 34.3 Å². The van der Waals surface area contributed by atoms with E-state index in [1.807, 2.05) is 37.3 Å². The minimum absolute atomic E-state index is 0.185. The lowest BCUT2D eigenvalue weighted by atomic mass is 9.97. The highest BCUT2D eigenvalue weighted by molar-refractivity contribution is 5.89. The van der Waals surface area contributed by atoms with Crippen LogP contribution in [0.3, 0.4) is 0 Å². The van der Waals surface area contributed by atoms with E-state index in [4.69, 9.17) is 5.11 Å². The number of carboxylic acid groups (broad SMARTS) is 1. The summed E-state index contributed by atoms with van der Waals surface area (Å²) in [6.07, 6.45) is 2.15. The molecule has 0 bridgehead atoms. The minimum atomic E-state index is -0.901. The second-order valence-electron chi connectivity index (χ2n) is 7.45. The van der Waals surface area contributed by atoms with E-state index in [0.29, 0.717) is 18.0 Å². The molecule has 1 aliphatic heterocycles. The Bertz CT molecular complexity index is 820. The van der Waals surface area contributed by atoms with Crippen molar-refractivity contribution in [3.05, 3.63) is 65.2 Å². The zero-order valence-corrected chi connectivity index (χ0v) is 16.1. The third-order valence-corrected chi connectivity index (χ3v) is 5.04. The first-order valence-corrected chi connectivity index (χ1v) is 9.66. The molecule has 0 aliphatic carbocycles. The molecule has 3 N–H and O–H groups in total. The van der Waals surface area contributed by atoms with Crippen LogP contribution >= 0.6 is 0 Å². The number of carbonyl (C=O) groups excluding carboxylic acids is 1. The quantitative estimate of drug-likeness (QED) is 0.712. The van der Waals surface area contributed by atoms with E-state index in [1.54, 1.807) is 18.2 Å². The van der Waals surface area contributed by atoms with Crippen molar-refractivity contribution < 1.29 is 14.7 Å². The van der Waals surface area contributed by atoms with Crippen LogP contribution in [0.2, 0.25) is 0 Å². The van der Waals surface area contributed by atoms with E-state index in [2.05, 4.69) is 15.5 Å². The van der Waals surface area contributed by atoms with Crippen LogP contribution in [0.5, 0.6) is 0 Å². The van der Waals surface area contributed by atoms with Crippen molar-refractivity contribution in [2.75, 3.05) is 25.0 Å². The van der Waals surface area contributed by atoms with Gasteiger partial charge in [0, 0.05) is 25.3 Å². The summed E-state index contributed by atoms with van der Waals surface area (Å²) in [6.45, 7) is 5.25. The molecule has 3 rings (SSSR count). The molecule has 148 valence electrons. The maximum atomic E-state index is 12.1. The average Bonchev–Trinajstić information content (AvgIpc) is 2.69. The minimum Gasteiger partial charge on any atom is -0.478 e. The maximum Gasteiger partial charge on any atom is 0.335 e. The number of amides is 2. The summed E-state index contributed by atoms with van der Waals surface area (Å²) < 4.78 is 0. The van der Waals surface area contributed by atoms with E-state index < -0.39 is 5.97 Å². The fourth-order valence-electron chi connectivity index (χ4n) is 3.57. The van der Waals surface area contributed by atoms with Gasteiger partial charge >= 0.3 is 12.0 Å². The van der Waals surface area contributed by atoms with Crippen LogP contribution < -0.4 is 10.6 Å². The molecule has 0 spiro atoms. The molecule has 1 unspecified atom stereocenters. The summed E-state index contributed by atoms with van der Waals surface area (Å²) in [6, 6.07) is 14.6. The summed E-state index contributed by atoms with van der Waals surface area (Å²) in [4.78, 5) is 25.6. The molecular formula is C22H27N3O3. The van der Waals surface area contributed by atoms with Crippen LogP contribution in [0, 0.1) is 12.8 Å². The standard InChI is InChI=1S/C22H27N3O3/c1-16-7-9-20(10-8-16)24-22(28)23-13-18-5-3-11-25(15-18)14-17-4-2-6-19(12-17)21(26)27/h2,4,6-10,12,18H,3,5,11,13-15H2,1H3,(H,26,27)(H2,23,24,28). The number of aryl methyl sites for hydroxylation is 1. The Morgan fingerprint density at radius 2 is 1.96 bits per heavy atom. The molecule has 1 heterocycles. The highest BCUT2D eigenvalue weighted by Crippen LogP contribution is 2.19. The Balaban J connectivity index is 1.47. The van der Waals surface area contributed by atoms with Gasteiger partial charge in [-0.25, -0.2) is 9.59 Å². The predicted octanol–water partition coefficient (Wildman–Crippen LogP) is 3.73. The van der Waals surface area contributed by atoms with Gasteiger partial charge in [-0.15, -0.1) is 0 Å². The zero-order valence-electron chi connectivity index (χ0n) is 16.1. The van der Waals surface area contributed by atoms with Gasteiger partial charge in [0.25, 0.3) is 0 Å². The molecule has 0 radical (unpaired) electrons. The number of carboxylic acids is 1. The Kier molecular flexibility index (Phi) is 6.66. The summed E-state index contributed by atoms with van der Waals surface area (Å²) in [5, 5.41) is 15.0. The smallest absolute Gasteiger partial charge is 0.335 e. The number of nitrogens with zero attached hydrogens (tertiary/aromatic N) is 1. The van der Waals surface area contributed by atoms with Crippen molar-refractivity contribution in [1.29, 1.82) is 0 Å². The lowest BCUT2D eigenvalue weighted by Crippen LogP contribution is -2.41. The third kappa shape index (κ3) is 5.82. The normalized spacial score (nSPS) is 17.1. The van der Waals surface area contributed by atoms with Gasteiger partial charge in [0.15, 0.2) is 0 Å². The maximum absolute atomic E-state index is 12.1. The summed E-state index contributed by atoms with van der Waals surface area (Å²) in [5.74, 6) is -0.512. The number of urea groups is 1. The molecule has 1 fully saturated rings. The number of nitrogens with one attached hydrogen (secondary N) is 2. The van der Waals surface area contributed by atoms with Crippen LogP contribution in [0.15, 0.2) is 48.5 Å². The monoisotopic (exact) mass is 381 g/mol. The van der Waals surface area contributed by atoms with Gasteiger partial charge in [-0.05, 0) is 62.1 Å². The van der Waals surface area contributed by atoms with Crippen molar-refractivity contribution in [3.8, 4) is 0 Å². The topological polar surface area (TPSA) is 81.7 Å². The molecule has 6 nitrogen and oxygen atoms in total. The number of carbonyl (C=O) groups is 2. The molecule has 0 aromatic heterocycles. The van der Waals surface area contributed by atoms with Crippen LogP contribution in [-0.2, 0) is 6.54 Å². The summed E-state index contributed by atoms with van der Waals surface area (Å²) >= 11 is 0. The number of hydrogen-bond donors (Lipinski definition) is 3. The molecule has 1 aliphatic rings. The van der Waals surface area contributed by atoms with Gasteiger partial charge in [0.05, 0.1) is 5.56 Å². The second kappa shape index (κ2) is 9.37. The van der Waals surface area contributed by atoms with Crippen molar-refractivity contribution in [2.24, 2.45) is 5.92 Å². The van der Waals surface area contributed by atoms with Crippen molar-refractivity contribution in [1.82, 2.24) is 10.2 Å². The number of likely N-dealkylation sites (tertiary alicyclic amines) is 1. The van der Waals surface area contributed by atoms with E-state index >= 15 is 0 Å². The van der Waals surface area contributed by atoms with E-state index in [-0.39, 0.29) is 6.03 Å². The number of piperidine rings is 1. The fourth-order valence-corrected chi connectivity index (χ4v) is 3.57. The molecule has 1 saturated heterocycles. The number of benzene rings is 2. The first-order chi connectivity index (χ1) is 13.5. The van der Waals surface area contributed by atoms with Crippen molar-refractivity contribution in [3.63, 3.8) is 0 Å². The number of rotatable bonds is 6. The summed E-state index contributed by atoms with van der Waals surface area (Å²) in [5.41, 5.74) is 3.26. The lowest BCUT2D eigenvalue weighted by molar-refractivity contribution is 0.0696. The van der Waals surface area contributed by atoms with Gasteiger partial charge in [-0.2, -0.15) is 0 Å². The second-order valence-corrected chi connectivity index (χ2v) is 7.45. The van der Waals surface area contributed by atoms with E-state index in [1.165, 1.54) is 0 Å². The molecular weight excluding hydrogens is 354 g/mol. The number of aromatic carboxylic acids is 1. The average molecular weight is 381 g/mol. The largest absolute Gasteiger partial charge is 0.478 e. The van der Waals surface area contributed by atoms with Gasteiger partial charge in [0.1, 0.15) is 0 Å². The fraction of sp³-hybridized carbons (Fsp3) is 0.364. The highest BCUT2D eigenvalue weighted by atomic mass is 16.4. The van der Waals surface area contributed by atoms with Crippen molar-refractivity contribution in [2.45, 2.75) is 26.3 Å². The van der Waals surface area contributed by atoms with Crippen LogP contribution in [0.25, 0.3) is 0 Å². The lowest BCUT2D eigenvalue weighted by Gasteiger charge is -2.32. The van der Waals surface area contributed by atoms with Gasteiger partial charge in [0.2, 0.25) is 0 Å². The Morgan fingerprint density at radius 1 is 1.18 bits per heavy atom. The Morgan fingerprint density at radius 3 is 2.71 bits per heavy atom. The number of hydrogen-bond acceptors (Lipinski definition) is 3. The van der Waals surface area contributed by atoms with Gasteiger partial charge < -0.3 is 15.7 Å². The predicted molar refractivity (Wildman–Crippen MR) is 110 cm³/mol. The molecule has 2 aromatic rings. The molecule has 1 atom stereocenters. The van der Waals surface area contributed by atoms with Crippen LogP contribution in [-0.4, -0.2) is 41.6 Å².